The number of carbonyl (C=O) groups is 1. The number of amides is 1. The number of unbranched alkanes of at least 4 members (excludes halogenated alkanes) is 1. The van der Waals surface area contributed by atoms with E-state index in [0.29, 0.717) is 50.1 Å². The summed E-state index contributed by atoms with van der Waals surface area (Å²) in [7, 11) is 3.57. The number of methoxy groups -OCH3 is 1. The standard InChI is InChI=1S/C41H54F3N3O6.C2H6/c1-46(25-21-37(31-10-4-3-5-11-31)52-33-17-15-32(16-18-33)41(42,43)44)24-9-8-23-45-40(49)53-34-20-26-47(29-34)35-12-6-7-13-38(35)51-27-22-30-14-19-39(50-2)36(48)28-30;1-2/h3-5,10-11,14-19,28,34-35,37-38,48H,6-9,12-13,20-27,29H2,1-2H3,(H,45,49);1-2H3/t34-,35-,37?,38?;/m1./s1. The van der Waals surface area contributed by atoms with Gasteiger partial charge in [-0.1, -0.05) is 63.1 Å². The van der Waals surface area contributed by atoms with E-state index >= 15 is 0 Å². The van der Waals surface area contributed by atoms with Gasteiger partial charge in [-0.05, 0) is 99.6 Å². The first-order chi connectivity index (χ1) is 26.6. The zero-order chi connectivity index (χ0) is 39.6. The number of aromatic hydroxyl groups is 1. The lowest BCUT2D eigenvalue weighted by Gasteiger charge is -2.37. The van der Waals surface area contributed by atoms with Gasteiger partial charge in [0.25, 0.3) is 0 Å². The predicted molar refractivity (Wildman–Crippen MR) is 209 cm³/mol. The van der Waals surface area contributed by atoms with Gasteiger partial charge in [0.15, 0.2) is 11.5 Å². The van der Waals surface area contributed by atoms with E-state index in [1.165, 1.54) is 25.7 Å². The van der Waals surface area contributed by atoms with Crippen molar-refractivity contribution in [2.45, 2.75) is 102 Å². The van der Waals surface area contributed by atoms with Crippen LogP contribution in [0.25, 0.3) is 0 Å². The second kappa shape index (κ2) is 22.5. The van der Waals surface area contributed by atoms with Gasteiger partial charge in [0, 0.05) is 38.6 Å². The van der Waals surface area contributed by atoms with Crippen LogP contribution in [0, 0.1) is 0 Å². The molecule has 3 aromatic carbocycles. The fourth-order valence-electron chi connectivity index (χ4n) is 7.25. The summed E-state index contributed by atoms with van der Waals surface area (Å²) in [5.41, 5.74) is 1.26. The molecule has 0 bridgehead atoms. The maximum atomic E-state index is 13.0. The van der Waals surface area contributed by atoms with Gasteiger partial charge in [0.05, 0.1) is 25.4 Å². The molecule has 2 aliphatic rings. The zero-order valence-corrected chi connectivity index (χ0v) is 32.9. The van der Waals surface area contributed by atoms with E-state index in [1.807, 2.05) is 57.3 Å². The Bertz CT molecular complexity index is 1540. The molecule has 1 aliphatic carbocycles. The summed E-state index contributed by atoms with van der Waals surface area (Å²) in [6, 6.07) is 20.3. The molecular formula is C43H60F3N3O6. The maximum Gasteiger partial charge on any atom is 0.416 e. The Balaban J connectivity index is 0.00000331. The quantitative estimate of drug-likeness (QED) is 0.124. The minimum atomic E-state index is -4.39. The second-order valence-electron chi connectivity index (χ2n) is 14.1. The van der Waals surface area contributed by atoms with Gasteiger partial charge in [0.2, 0.25) is 0 Å². The predicted octanol–water partition coefficient (Wildman–Crippen LogP) is 9.04. The highest BCUT2D eigenvalue weighted by molar-refractivity contribution is 5.67. The van der Waals surface area contributed by atoms with E-state index in [0.717, 1.165) is 81.4 Å². The van der Waals surface area contributed by atoms with Gasteiger partial charge in [-0.15, -0.1) is 0 Å². The summed E-state index contributed by atoms with van der Waals surface area (Å²) in [6.45, 7) is 8.24. The number of nitrogens with one attached hydrogen (secondary N) is 1. The average molecular weight is 772 g/mol. The summed E-state index contributed by atoms with van der Waals surface area (Å²) in [6.07, 6.45) is 3.16. The van der Waals surface area contributed by atoms with Gasteiger partial charge in [-0.25, -0.2) is 4.79 Å². The summed E-state index contributed by atoms with van der Waals surface area (Å²) >= 11 is 0. The van der Waals surface area contributed by atoms with Crippen LogP contribution >= 0.6 is 0 Å². The van der Waals surface area contributed by atoms with Crippen LogP contribution in [0.4, 0.5) is 18.0 Å². The number of likely N-dealkylation sites (tertiary alicyclic amines) is 1. The molecule has 1 amide bonds. The van der Waals surface area contributed by atoms with Crippen molar-refractivity contribution in [3.63, 3.8) is 0 Å². The van der Waals surface area contributed by atoms with Gasteiger partial charge in [0.1, 0.15) is 18.0 Å². The van der Waals surface area contributed by atoms with Gasteiger partial charge < -0.3 is 34.3 Å². The van der Waals surface area contributed by atoms with Crippen LogP contribution < -0.4 is 14.8 Å². The number of ether oxygens (including phenoxy) is 4. The average Bonchev–Trinajstić information content (AvgIpc) is 3.65. The number of nitrogens with zero attached hydrogens (tertiary/aromatic N) is 2. The SMILES string of the molecule is CC.COc1ccc(CCOC2CCCC[C@H]2N2CC[C@@H](OC(=O)NCCCCN(C)CCC(Oc3ccc(C(F)(F)F)cc3)c3ccccc3)C2)cc1O. The Morgan fingerprint density at radius 2 is 1.73 bits per heavy atom. The molecule has 0 aromatic heterocycles. The second-order valence-corrected chi connectivity index (χ2v) is 14.1. The summed E-state index contributed by atoms with van der Waals surface area (Å²) < 4.78 is 62.5. The first kappa shape index (κ1) is 43.7. The van der Waals surface area contributed by atoms with E-state index in [9.17, 15) is 23.1 Å². The third-order valence-corrected chi connectivity index (χ3v) is 10.2. The number of carbonyl (C=O) groups excluding carboxylic acids is 1. The monoisotopic (exact) mass is 771 g/mol. The largest absolute Gasteiger partial charge is 0.504 e. The van der Waals surface area contributed by atoms with Gasteiger partial charge >= 0.3 is 12.3 Å². The third kappa shape index (κ3) is 14.2. The molecule has 55 heavy (non-hydrogen) atoms. The van der Waals surface area contributed by atoms with E-state index in [-0.39, 0.29) is 30.2 Å². The number of phenolic OH excluding ortho intramolecular Hbond substituents is 1. The van der Waals surface area contributed by atoms with Gasteiger partial charge in [-0.3, -0.25) is 4.90 Å². The highest BCUT2D eigenvalue weighted by Gasteiger charge is 2.36. The van der Waals surface area contributed by atoms with Crippen molar-refractivity contribution < 1.29 is 42.0 Å². The first-order valence-electron chi connectivity index (χ1n) is 19.8. The number of hydrogen-bond donors (Lipinski definition) is 2. The van der Waals surface area contributed by atoms with Gasteiger partial charge in [-0.2, -0.15) is 13.2 Å². The fraction of sp³-hybridized carbons (Fsp3) is 0.558. The molecule has 2 N–H and O–H groups in total. The number of phenols is 1. The van der Waals surface area contributed by atoms with E-state index in [2.05, 4.69) is 15.1 Å². The lowest BCUT2D eigenvalue weighted by molar-refractivity contribution is -0.137. The molecule has 3 aromatic rings. The Morgan fingerprint density at radius 3 is 2.44 bits per heavy atom. The van der Waals surface area contributed by atoms with Crippen LogP contribution in [0.1, 0.15) is 88.0 Å². The molecule has 1 saturated carbocycles. The minimum absolute atomic E-state index is 0.135. The van der Waals surface area contributed by atoms with Crippen molar-refractivity contribution in [3.8, 4) is 17.2 Å². The van der Waals surface area contributed by atoms with Crippen molar-refractivity contribution in [3.05, 3.63) is 89.5 Å². The lowest BCUT2D eigenvalue weighted by atomic mass is 9.91. The molecular weight excluding hydrogens is 711 g/mol. The van der Waals surface area contributed by atoms with Crippen LogP contribution in [0.2, 0.25) is 0 Å². The Labute approximate surface area is 325 Å². The number of alkyl halides is 3. The van der Waals surface area contributed by atoms with Crippen LogP contribution in [0.5, 0.6) is 17.2 Å². The zero-order valence-electron chi connectivity index (χ0n) is 32.9. The number of alkyl carbamates (subject to hydrolysis) is 1. The van der Waals surface area contributed by atoms with Crippen LogP contribution in [0.3, 0.4) is 0 Å². The van der Waals surface area contributed by atoms with Crippen molar-refractivity contribution in [2.75, 3.05) is 53.5 Å². The fourth-order valence-corrected chi connectivity index (χ4v) is 7.25. The van der Waals surface area contributed by atoms with Crippen molar-refractivity contribution >= 4 is 6.09 Å². The van der Waals surface area contributed by atoms with Crippen LogP contribution in [-0.2, 0) is 22.1 Å². The molecule has 12 heteroatoms. The Hall–Kier alpha value is -4.00. The highest BCUT2D eigenvalue weighted by Crippen LogP contribution is 2.33. The Kier molecular flexibility index (Phi) is 17.9. The lowest BCUT2D eigenvalue weighted by Crippen LogP contribution is -2.46. The number of halogens is 3. The molecule has 9 nitrogen and oxygen atoms in total. The topological polar surface area (TPSA) is 92.7 Å². The van der Waals surface area contributed by atoms with E-state index in [1.54, 1.807) is 12.1 Å². The summed E-state index contributed by atoms with van der Waals surface area (Å²) in [4.78, 5) is 17.3. The number of benzene rings is 3. The molecule has 0 spiro atoms. The van der Waals surface area contributed by atoms with Crippen molar-refractivity contribution in [1.82, 2.24) is 15.1 Å². The molecule has 0 radical (unpaired) electrons. The highest BCUT2D eigenvalue weighted by atomic mass is 19.4. The van der Waals surface area contributed by atoms with Crippen LogP contribution in [0.15, 0.2) is 72.8 Å². The summed E-state index contributed by atoms with van der Waals surface area (Å²) in [5.74, 6) is 0.989. The molecule has 2 unspecified atom stereocenters. The normalized spacial score (nSPS) is 19.3. The number of hydrogen-bond acceptors (Lipinski definition) is 8. The summed E-state index contributed by atoms with van der Waals surface area (Å²) in [5, 5.41) is 13.0. The van der Waals surface area contributed by atoms with Crippen molar-refractivity contribution in [1.29, 1.82) is 0 Å². The molecule has 304 valence electrons. The molecule has 5 rings (SSSR count). The minimum Gasteiger partial charge on any atom is -0.504 e. The number of rotatable bonds is 18. The smallest absolute Gasteiger partial charge is 0.416 e. The maximum absolute atomic E-state index is 13.0. The molecule has 1 saturated heterocycles. The molecule has 1 aliphatic heterocycles. The molecule has 1 heterocycles. The molecule has 2 fully saturated rings. The Morgan fingerprint density at radius 1 is 0.982 bits per heavy atom. The van der Waals surface area contributed by atoms with E-state index < -0.39 is 11.7 Å². The van der Waals surface area contributed by atoms with Crippen molar-refractivity contribution in [2.24, 2.45) is 0 Å². The third-order valence-electron chi connectivity index (χ3n) is 10.2. The van der Waals surface area contributed by atoms with Crippen LogP contribution in [-0.4, -0.2) is 92.7 Å². The van der Waals surface area contributed by atoms with E-state index in [4.69, 9.17) is 18.9 Å². The molecule has 4 atom stereocenters. The first-order valence-corrected chi connectivity index (χ1v) is 19.8.